The van der Waals surface area contributed by atoms with Crippen LogP contribution < -0.4 is 14.4 Å². The first-order valence-electron chi connectivity index (χ1n) is 9.39. The minimum Gasteiger partial charge on any atom is -0.496 e. The summed E-state index contributed by atoms with van der Waals surface area (Å²) in [5.74, 6) is 0.654. The summed E-state index contributed by atoms with van der Waals surface area (Å²) in [4.78, 5) is 28.6. The van der Waals surface area contributed by atoms with E-state index in [-0.39, 0.29) is 19.0 Å². The van der Waals surface area contributed by atoms with E-state index >= 15 is 0 Å². The molecule has 0 radical (unpaired) electrons. The number of hydrogen-bond donors (Lipinski definition) is 0. The smallest absolute Gasteiger partial charge is 0.348 e. The van der Waals surface area contributed by atoms with Crippen LogP contribution in [0.15, 0.2) is 42.5 Å². The molecule has 154 valence electrons. The van der Waals surface area contributed by atoms with Crippen LogP contribution in [-0.4, -0.2) is 57.2 Å². The number of anilines is 1. The Hall–Kier alpha value is -3.06. The van der Waals surface area contributed by atoms with Gasteiger partial charge in [0.2, 0.25) is 12.0 Å². The molecule has 2 aromatic carbocycles. The number of hydrogen-bond acceptors (Lipinski definition) is 6. The van der Waals surface area contributed by atoms with Crippen molar-refractivity contribution < 1.29 is 23.8 Å². The van der Waals surface area contributed by atoms with Gasteiger partial charge >= 0.3 is 5.97 Å². The summed E-state index contributed by atoms with van der Waals surface area (Å²) in [6.07, 6.45) is -0.846. The van der Waals surface area contributed by atoms with Crippen molar-refractivity contribution in [2.75, 3.05) is 39.3 Å². The number of carbonyl (C=O) groups is 2. The van der Waals surface area contributed by atoms with E-state index in [2.05, 4.69) is 6.07 Å². The highest BCUT2D eigenvalue weighted by Crippen LogP contribution is 2.33. The number of likely N-dealkylation sites (N-methyl/N-ethyl adjacent to an activating group) is 1. The maximum Gasteiger partial charge on any atom is 0.348 e. The number of aryl methyl sites for hydroxylation is 1. The Morgan fingerprint density at radius 2 is 1.97 bits per heavy atom. The average Bonchev–Trinajstić information content (AvgIpc) is 2.72. The highest BCUT2D eigenvalue weighted by atomic mass is 16.6. The molecule has 0 saturated heterocycles. The zero-order valence-electron chi connectivity index (χ0n) is 17.2. The number of fused-ring (bicyclic) bond motifs is 1. The van der Waals surface area contributed by atoms with Gasteiger partial charge in [-0.1, -0.05) is 29.8 Å². The van der Waals surface area contributed by atoms with Crippen molar-refractivity contribution in [3.63, 3.8) is 0 Å². The Morgan fingerprint density at radius 3 is 2.69 bits per heavy atom. The van der Waals surface area contributed by atoms with Gasteiger partial charge in [-0.15, -0.1) is 0 Å². The third-order valence-electron chi connectivity index (χ3n) is 4.82. The topological polar surface area (TPSA) is 68.3 Å². The van der Waals surface area contributed by atoms with Gasteiger partial charge < -0.3 is 19.1 Å². The first-order chi connectivity index (χ1) is 13.9. The third-order valence-corrected chi connectivity index (χ3v) is 4.82. The SMILES string of the molecule is COC(=O)C1CN(C(=O)CN(C)Cc2cc(C)ccc2OC)c2ccccc2O1. The van der Waals surface area contributed by atoms with Crippen molar-refractivity contribution in [2.24, 2.45) is 0 Å². The second-order valence-electron chi connectivity index (χ2n) is 7.09. The lowest BCUT2D eigenvalue weighted by molar-refractivity contribution is -0.148. The normalized spacial score (nSPS) is 15.5. The molecule has 0 spiro atoms. The molecule has 0 N–H and O–H groups in total. The second kappa shape index (κ2) is 8.96. The third kappa shape index (κ3) is 4.68. The molecule has 1 atom stereocenters. The van der Waals surface area contributed by atoms with Gasteiger partial charge in [-0.2, -0.15) is 0 Å². The largest absolute Gasteiger partial charge is 0.496 e. The summed E-state index contributed by atoms with van der Waals surface area (Å²) in [5, 5.41) is 0. The summed E-state index contributed by atoms with van der Waals surface area (Å²) >= 11 is 0. The lowest BCUT2D eigenvalue weighted by Crippen LogP contribution is -2.49. The summed E-state index contributed by atoms with van der Waals surface area (Å²) in [7, 11) is 4.82. The Morgan fingerprint density at radius 1 is 1.21 bits per heavy atom. The highest BCUT2D eigenvalue weighted by molar-refractivity contribution is 5.98. The van der Waals surface area contributed by atoms with Gasteiger partial charge in [-0.05, 0) is 32.2 Å². The molecule has 0 saturated carbocycles. The predicted molar refractivity (Wildman–Crippen MR) is 109 cm³/mol. The van der Waals surface area contributed by atoms with Crippen molar-refractivity contribution in [1.82, 2.24) is 4.90 Å². The monoisotopic (exact) mass is 398 g/mol. The van der Waals surface area contributed by atoms with Crippen LogP contribution in [-0.2, 0) is 20.9 Å². The number of esters is 1. The van der Waals surface area contributed by atoms with E-state index in [1.807, 2.05) is 43.1 Å². The summed E-state index contributed by atoms with van der Waals surface area (Å²) < 4.78 is 15.9. The molecule has 7 heteroatoms. The quantitative estimate of drug-likeness (QED) is 0.696. The van der Waals surface area contributed by atoms with Crippen molar-refractivity contribution in [3.05, 3.63) is 53.6 Å². The van der Waals surface area contributed by atoms with Crippen LogP contribution >= 0.6 is 0 Å². The standard InChI is InChI=1S/C22H26N2O5/c1-15-9-10-18(27-3)16(11-15)12-23(2)14-21(25)24-13-20(22(26)28-4)29-19-8-6-5-7-17(19)24/h5-11,20H,12-14H2,1-4H3. The van der Waals surface area contributed by atoms with Gasteiger partial charge in [0.1, 0.15) is 11.5 Å². The number of ether oxygens (including phenoxy) is 3. The lowest BCUT2D eigenvalue weighted by Gasteiger charge is -2.34. The van der Waals surface area contributed by atoms with Crippen LogP contribution in [0, 0.1) is 6.92 Å². The molecular weight excluding hydrogens is 372 g/mol. The second-order valence-corrected chi connectivity index (χ2v) is 7.09. The lowest BCUT2D eigenvalue weighted by atomic mass is 10.1. The molecule has 0 aliphatic carbocycles. The van der Waals surface area contributed by atoms with Crippen LogP contribution in [0.25, 0.3) is 0 Å². The van der Waals surface area contributed by atoms with E-state index < -0.39 is 12.1 Å². The van der Waals surface area contributed by atoms with Crippen LogP contribution in [0.1, 0.15) is 11.1 Å². The van der Waals surface area contributed by atoms with Gasteiger partial charge in [-0.25, -0.2) is 4.79 Å². The predicted octanol–water partition coefficient (Wildman–Crippen LogP) is 2.40. The van der Waals surface area contributed by atoms with Crippen LogP contribution in [0.3, 0.4) is 0 Å². The number of rotatable bonds is 6. The van der Waals surface area contributed by atoms with Gasteiger partial charge in [0, 0.05) is 12.1 Å². The van der Waals surface area contributed by atoms with E-state index in [1.54, 1.807) is 24.1 Å². The Balaban J connectivity index is 1.75. The molecule has 1 heterocycles. The van der Waals surface area contributed by atoms with E-state index in [0.29, 0.717) is 18.0 Å². The fourth-order valence-corrected chi connectivity index (χ4v) is 3.42. The number of carbonyl (C=O) groups excluding carboxylic acids is 2. The minimum atomic E-state index is -0.846. The molecule has 29 heavy (non-hydrogen) atoms. The van der Waals surface area contributed by atoms with Gasteiger partial charge in [-0.3, -0.25) is 9.69 Å². The molecule has 1 amide bonds. The summed E-state index contributed by atoms with van der Waals surface area (Å²) in [6.45, 7) is 2.87. The van der Waals surface area contributed by atoms with Gasteiger partial charge in [0.15, 0.2) is 0 Å². The Kier molecular flexibility index (Phi) is 6.39. The van der Waals surface area contributed by atoms with E-state index in [1.165, 1.54) is 7.11 Å². The van der Waals surface area contributed by atoms with Crippen LogP contribution in [0.2, 0.25) is 0 Å². The molecule has 3 rings (SSSR count). The Labute approximate surface area is 170 Å². The van der Waals surface area contributed by atoms with Gasteiger partial charge in [0.25, 0.3) is 0 Å². The molecule has 0 fully saturated rings. The zero-order valence-corrected chi connectivity index (χ0v) is 17.2. The summed E-state index contributed by atoms with van der Waals surface area (Å²) in [6, 6.07) is 13.2. The molecule has 2 aromatic rings. The number of nitrogens with zero attached hydrogens (tertiary/aromatic N) is 2. The molecule has 1 aliphatic heterocycles. The van der Waals surface area contributed by atoms with Crippen LogP contribution in [0.4, 0.5) is 5.69 Å². The van der Waals surface area contributed by atoms with Crippen molar-refractivity contribution in [1.29, 1.82) is 0 Å². The van der Waals surface area contributed by atoms with E-state index in [4.69, 9.17) is 14.2 Å². The number of benzene rings is 2. The fourth-order valence-electron chi connectivity index (χ4n) is 3.42. The molecule has 7 nitrogen and oxygen atoms in total. The van der Waals surface area contributed by atoms with Crippen LogP contribution in [0.5, 0.6) is 11.5 Å². The molecule has 0 bridgehead atoms. The molecule has 0 aromatic heterocycles. The summed E-state index contributed by atoms with van der Waals surface area (Å²) in [5.41, 5.74) is 2.79. The maximum atomic E-state index is 13.1. The number of methoxy groups -OCH3 is 2. The first kappa shape index (κ1) is 20.7. The van der Waals surface area contributed by atoms with E-state index in [0.717, 1.165) is 16.9 Å². The minimum absolute atomic E-state index is 0.115. The van der Waals surface area contributed by atoms with Crippen molar-refractivity contribution in [2.45, 2.75) is 19.6 Å². The molecule has 1 aliphatic rings. The maximum absolute atomic E-state index is 13.1. The number of amides is 1. The highest BCUT2D eigenvalue weighted by Gasteiger charge is 2.34. The molecule has 1 unspecified atom stereocenters. The molecular formula is C22H26N2O5. The fraction of sp³-hybridized carbons (Fsp3) is 0.364. The first-order valence-corrected chi connectivity index (χ1v) is 9.39. The average molecular weight is 398 g/mol. The van der Waals surface area contributed by atoms with E-state index in [9.17, 15) is 9.59 Å². The Bertz CT molecular complexity index is 899. The van der Waals surface area contributed by atoms with Crippen molar-refractivity contribution >= 4 is 17.6 Å². The van der Waals surface area contributed by atoms with Gasteiger partial charge in [0.05, 0.1) is 33.0 Å². The van der Waals surface area contributed by atoms with Crippen molar-refractivity contribution in [3.8, 4) is 11.5 Å². The number of para-hydroxylation sites is 2. The zero-order chi connectivity index (χ0) is 21.0.